The van der Waals surface area contributed by atoms with Gasteiger partial charge in [-0.25, -0.2) is 0 Å². The minimum Gasteiger partial charge on any atom is -0.481 e. The van der Waals surface area contributed by atoms with Gasteiger partial charge in [-0.05, 0) is 35.9 Å². The van der Waals surface area contributed by atoms with Crippen LogP contribution in [-0.2, 0) is 9.59 Å². The fourth-order valence-electron chi connectivity index (χ4n) is 1.70. The predicted octanol–water partition coefficient (Wildman–Crippen LogP) is 3.54. The molecule has 0 fully saturated rings. The van der Waals surface area contributed by atoms with Crippen molar-refractivity contribution in [2.45, 2.75) is 6.42 Å². The highest BCUT2D eigenvalue weighted by Crippen LogP contribution is 2.22. The Labute approximate surface area is 122 Å². The van der Waals surface area contributed by atoms with Gasteiger partial charge in [-0.15, -0.1) is 0 Å². The van der Waals surface area contributed by atoms with Crippen molar-refractivity contribution < 1.29 is 19.4 Å². The quantitative estimate of drug-likeness (QED) is 0.650. The number of ether oxygens (including phenoxy) is 1. The molecule has 0 aromatic heterocycles. The first-order valence-corrected chi connectivity index (χ1v) is 6.39. The summed E-state index contributed by atoms with van der Waals surface area (Å²) in [5.41, 5.74) is 0.766. The molecule has 0 aliphatic rings. The molecule has 2 aromatic rings. The van der Waals surface area contributed by atoms with E-state index < -0.39 is 18.2 Å². The third kappa shape index (κ3) is 4.95. The van der Waals surface area contributed by atoms with E-state index in [0.717, 1.165) is 11.3 Å². The maximum atomic E-state index is 11.3. The number of benzene rings is 2. The van der Waals surface area contributed by atoms with Gasteiger partial charge in [0.05, 0.1) is 0 Å². The van der Waals surface area contributed by atoms with E-state index in [9.17, 15) is 9.59 Å². The first-order chi connectivity index (χ1) is 10.1. The zero-order chi connectivity index (χ0) is 15.1. The molecule has 0 aliphatic heterocycles. The number of allylic oxidation sites excluding steroid dienone is 1. The molecule has 0 saturated carbocycles. The van der Waals surface area contributed by atoms with Crippen molar-refractivity contribution in [3.05, 3.63) is 66.2 Å². The number of hydrogen-bond donors (Lipinski definition) is 1. The highest BCUT2D eigenvalue weighted by Gasteiger charge is 2.03. The van der Waals surface area contributed by atoms with Gasteiger partial charge in [0, 0.05) is 0 Å². The largest absolute Gasteiger partial charge is 0.481 e. The maximum Gasteiger partial charge on any atom is 0.311 e. The van der Waals surface area contributed by atoms with Gasteiger partial charge in [0.15, 0.2) is 5.78 Å². The van der Waals surface area contributed by atoms with Gasteiger partial charge in [-0.1, -0.05) is 36.4 Å². The summed E-state index contributed by atoms with van der Waals surface area (Å²) in [6.45, 7) is 0. The molecule has 0 unspecified atom stereocenters. The molecule has 0 radical (unpaired) electrons. The average molecular weight is 282 g/mol. The van der Waals surface area contributed by atoms with E-state index in [-0.39, 0.29) is 0 Å². The van der Waals surface area contributed by atoms with Gasteiger partial charge in [-0.2, -0.15) is 0 Å². The summed E-state index contributed by atoms with van der Waals surface area (Å²) in [7, 11) is 0. The Hall–Kier alpha value is -2.88. The fourth-order valence-corrected chi connectivity index (χ4v) is 1.70. The fraction of sp³-hybridized carbons (Fsp3) is 0.0588. The standard InChI is InChI=1S/C17H14O4/c18-14(12-17(19)20)10-9-13-5-4-8-16(11-13)21-15-6-2-1-3-7-15/h1-11H,12H2,(H,19,20). The van der Waals surface area contributed by atoms with Gasteiger partial charge >= 0.3 is 5.97 Å². The van der Waals surface area contributed by atoms with Crippen molar-refractivity contribution in [3.63, 3.8) is 0 Å². The molecule has 21 heavy (non-hydrogen) atoms. The van der Waals surface area contributed by atoms with Crippen LogP contribution in [0, 0.1) is 0 Å². The van der Waals surface area contributed by atoms with Crippen molar-refractivity contribution in [1.29, 1.82) is 0 Å². The minimum absolute atomic E-state index is 0.447. The van der Waals surface area contributed by atoms with Crippen LogP contribution in [0.5, 0.6) is 11.5 Å². The van der Waals surface area contributed by atoms with Gasteiger partial charge in [-0.3, -0.25) is 9.59 Å². The Morgan fingerprint density at radius 2 is 1.71 bits per heavy atom. The van der Waals surface area contributed by atoms with Crippen molar-refractivity contribution in [1.82, 2.24) is 0 Å². The van der Waals surface area contributed by atoms with E-state index >= 15 is 0 Å². The Kier molecular flexibility index (Phi) is 4.88. The Bertz CT molecular complexity index is 660. The molecule has 4 heteroatoms. The average Bonchev–Trinajstić information content (AvgIpc) is 2.46. The second-order valence-electron chi connectivity index (χ2n) is 4.36. The first-order valence-electron chi connectivity index (χ1n) is 6.39. The van der Waals surface area contributed by atoms with Crippen LogP contribution in [0.1, 0.15) is 12.0 Å². The third-order valence-electron chi connectivity index (χ3n) is 2.62. The van der Waals surface area contributed by atoms with Crippen molar-refractivity contribution in [3.8, 4) is 11.5 Å². The molecule has 0 bridgehead atoms. The number of carboxylic acid groups (broad SMARTS) is 1. The monoisotopic (exact) mass is 282 g/mol. The second-order valence-corrected chi connectivity index (χ2v) is 4.36. The third-order valence-corrected chi connectivity index (χ3v) is 2.62. The van der Waals surface area contributed by atoms with Crippen LogP contribution in [0.3, 0.4) is 0 Å². The Balaban J connectivity index is 2.06. The van der Waals surface area contributed by atoms with Gasteiger partial charge in [0.25, 0.3) is 0 Å². The van der Waals surface area contributed by atoms with Crippen LogP contribution in [0.15, 0.2) is 60.7 Å². The lowest BCUT2D eigenvalue weighted by Gasteiger charge is -2.05. The van der Waals surface area contributed by atoms with Gasteiger partial charge in [0.1, 0.15) is 17.9 Å². The maximum absolute atomic E-state index is 11.3. The van der Waals surface area contributed by atoms with E-state index in [4.69, 9.17) is 9.84 Å². The number of rotatable bonds is 6. The zero-order valence-corrected chi connectivity index (χ0v) is 11.2. The molecule has 1 N–H and O–H groups in total. The van der Waals surface area contributed by atoms with Crippen LogP contribution in [0.4, 0.5) is 0 Å². The Morgan fingerprint density at radius 1 is 1.00 bits per heavy atom. The van der Waals surface area contributed by atoms with E-state index in [0.29, 0.717) is 5.75 Å². The number of carboxylic acids is 1. The lowest BCUT2D eigenvalue weighted by molar-refractivity contribution is -0.139. The van der Waals surface area contributed by atoms with Crippen molar-refractivity contribution in [2.24, 2.45) is 0 Å². The smallest absolute Gasteiger partial charge is 0.311 e. The van der Waals surface area contributed by atoms with Crippen molar-refractivity contribution in [2.75, 3.05) is 0 Å². The van der Waals surface area contributed by atoms with Crippen LogP contribution in [0.25, 0.3) is 6.08 Å². The molecule has 0 amide bonds. The lowest BCUT2D eigenvalue weighted by Crippen LogP contribution is -2.02. The SMILES string of the molecule is O=C(O)CC(=O)C=Cc1cccc(Oc2ccccc2)c1. The summed E-state index contributed by atoms with van der Waals surface area (Å²) in [5.74, 6) is -0.211. The number of para-hydroxylation sites is 1. The number of ketones is 1. The second kappa shape index (κ2) is 7.05. The molecule has 2 rings (SSSR count). The van der Waals surface area contributed by atoms with Crippen LogP contribution in [0.2, 0.25) is 0 Å². The van der Waals surface area contributed by atoms with Crippen LogP contribution >= 0.6 is 0 Å². The molecular formula is C17H14O4. The lowest BCUT2D eigenvalue weighted by atomic mass is 10.1. The van der Waals surface area contributed by atoms with Crippen molar-refractivity contribution >= 4 is 17.8 Å². The molecule has 4 nitrogen and oxygen atoms in total. The van der Waals surface area contributed by atoms with Gasteiger partial charge in [0.2, 0.25) is 0 Å². The molecule has 0 spiro atoms. The number of hydrogen-bond acceptors (Lipinski definition) is 3. The molecule has 0 saturated heterocycles. The summed E-state index contributed by atoms with van der Waals surface area (Å²) in [6, 6.07) is 16.5. The molecule has 2 aromatic carbocycles. The molecular weight excluding hydrogens is 268 g/mol. The predicted molar refractivity (Wildman–Crippen MR) is 79.3 cm³/mol. The summed E-state index contributed by atoms with van der Waals surface area (Å²) < 4.78 is 5.68. The summed E-state index contributed by atoms with van der Waals surface area (Å²) >= 11 is 0. The first kappa shape index (κ1) is 14.5. The molecule has 0 atom stereocenters. The topological polar surface area (TPSA) is 63.6 Å². The normalized spacial score (nSPS) is 10.5. The van der Waals surface area contributed by atoms with Crippen LogP contribution in [-0.4, -0.2) is 16.9 Å². The molecule has 0 heterocycles. The highest BCUT2D eigenvalue weighted by atomic mass is 16.5. The number of aliphatic carboxylic acids is 1. The molecule has 0 aliphatic carbocycles. The van der Waals surface area contributed by atoms with E-state index in [1.807, 2.05) is 42.5 Å². The highest BCUT2D eigenvalue weighted by molar-refractivity contribution is 6.03. The summed E-state index contributed by atoms with van der Waals surface area (Å²) in [4.78, 5) is 21.7. The molecule has 106 valence electrons. The van der Waals surface area contributed by atoms with Crippen LogP contribution < -0.4 is 4.74 Å². The number of carbonyl (C=O) groups excluding carboxylic acids is 1. The minimum atomic E-state index is -1.13. The van der Waals surface area contributed by atoms with E-state index in [1.165, 1.54) is 6.08 Å². The number of carbonyl (C=O) groups is 2. The zero-order valence-electron chi connectivity index (χ0n) is 11.2. The Morgan fingerprint density at radius 3 is 2.43 bits per heavy atom. The summed E-state index contributed by atoms with van der Waals surface area (Å²) in [6.07, 6.45) is 2.33. The van der Waals surface area contributed by atoms with E-state index in [1.54, 1.807) is 18.2 Å². The van der Waals surface area contributed by atoms with E-state index in [2.05, 4.69) is 0 Å². The summed E-state index contributed by atoms with van der Waals surface area (Å²) in [5, 5.41) is 8.51. The van der Waals surface area contributed by atoms with Gasteiger partial charge < -0.3 is 9.84 Å².